The van der Waals surface area contributed by atoms with E-state index in [9.17, 15) is 9.18 Å². The van der Waals surface area contributed by atoms with Crippen LogP contribution in [0.25, 0.3) is 11.0 Å². The molecule has 0 saturated carbocycles. The Morgan fingerprint density at radius 2 is 2.00 bits per heavy atom. The number of hydrogen-bond acceptors (Lipinski definition) is 8. The number of nitrogens with zero attached hydrogens (tertiary/aromatic N) is 6. The number of benzene rings is 2. The Bertz CT molecular complexity index is 1600. The predicted octanol–water partition coefficient (Wildman–Crippen LogP) is 4.24. The third kappa shape index (κ3) is 5.80. The van der Waals surface area contributed by atoms with E-state index in [1.54, 1.807) is 24.3 Å². The maximum atomic E-state index is 14.2. The summed E-state index contributed by atoms with van der Waals surface area (Å²) < 4.78 is 34.6. The molecule has 2 aliphatic heterocycles. The third-order valence-corrected chi connectivity index (χ3v) is 7.87. The fraction of sp³-hybridized carbons (Fsp3) is 0.400. The fourth-order valence-corrected chi connectivity index (χ4v) is 5.40. The SMILES string of the molecule is COC(=O)c1ccc2nc(CN3CCC(n4ccc(OCc5ccc(C#N)cc5F)n4)CC3)n(CC3CCO3)c2c1. The molecule has 2 fully saturated rings. The molecule has 212 valence electrons. The molecule has 0 N–H and O–H groups in total. The van der Waals surface area contributed by atoms with E-state index in [0.29, 0.717) is 30.1 Å². The van der Waals surface area contributed by atoms with Gasteiger partial charge in [0.05, 0.1) is 60.6 Å². The molecule has 0 bridgehead atoms. The third-order valence-electron chi connectivity index (χ3n) is 7.87. The number of rotatable bonds is 9. The number of ether oxygens (including phenoxy) is 3. The van der Waals surface area contributed by atoms with Crippen LogP contribution in [-0.2, 0) is 29.2 Å². The lowest BCUT2D eigenvalue weighted by Crippen LogP contribution is -2.36. The molecule has 41 heavy (non-hydrogen) atoms. The first-order valence-electron chi connectivity index (χ1n) is 13.8. The molecule has 0 radical (unpaired) electrons. The lowest BCUT2D eigenvalue weighted by Gasteiger charge is -2.32. The predicted molar refractivity (Wildman–Crippen MR) is 147 cm³/mol. The molecule has 1 unspecified atom stereocenters. The van der Waals surface area contributed by atoms with Crippen molar-refractivity contribution >= 4 is 17.0 Å². The van der Waals surface area contributed by atoms with Crippen molar-refractivity contribution in [3.05, 3.63) is 77.0 Å². The second-order valence-electron chi connectivity index (χ2n) is 10.5. The number of esters is 1. The van der Waals surface area contributed by atoms with Crippen molar-refractivity contribution in [1.82, 2.24) is 24.2 Å². The van der Waals surface area contributed by atoms with Crippen LogP contribution in [0.4, 0.5) is 4.39 Å². The van der Waals surface area contributed by atoms with Crippen LogP contribution >= 0.6 is 0 Å². The summed E-state index contributed by atoms with van der Waals surface area (Å²) in [5, 5.41) is 13.5. The van der Waals surface area contributed by atoms with Gasteiger partial charge in [0.1, 0.15) is 18.2 Å². The lowest BCUT2D eigenvalue weighted by atomic mass is 10.1. The summed E-state index contributed by atoms with van der Waals surface area (Å²) in [6.07, 6.45) is 4.91. The van der Waals surface area contributed by atoms with Crippen LogP contribution in [0.2, 0.25) is 0 Å². The largest absolute Gasteiger partial charge is 0.472 e. The highest BCUT2D eigenvalue weighted by molar-refractivity contribution is 5.93. The van der Waals surface area contributed by atoms with Crippen LogP contribution < -0.4 is 4.74 Å². The Labute approximate surface area is 236 Å². The Morgan fingerprint density at radius 3 is 2.71 bits per heavy atom. The molecule has 2 aliphatic rings. The monoisotopic (exact) mass is 558 g/mol. The van der Waals surface area contributed by atoms with E-state index in [4.69, 9.17) is 24.5 Å². The van der Waals surface area contributed by atoms with Gasteiger partial charge in [-0.2, -0.15) is 5.26 Å². The minimum atomic E-state index is -0.464. The van der Waals surface area contributed by atoms with Crippen LogP contribution in [0.5, 0.6) is 5.88 Å². The molecule has 4 aromatic rings. The molecule has 4 heterocycles. The summed E-state index contributed by atoms with van der Waals surface area (Å²) in [5.41, 5.74) is 2.93. The van der Waals surface area contributed by atoms with E-state index in [1.807, 2.05) is 29.1 Å². The molecule has 2 aromatic heterocycles. The van der Waals surface area contributed by atoms with Gasteiger partial charge in [0.2, 0.25) is 5.88 Å². The molecule has 1 atom stereocenters. The molecule has 2 aromatic carbocycles. The van der Waals surface area contributed by atoms with E-state index in [-0.39, 0.29) is 30.3 Å². The van der Waals surface area contributed by atoms with Crippen LogP contribution in [0.15, 0.2) is 48.7 Å². The molecule has 0 spiro atoms. The van der Waals surface area contributed by atoms with Crippen molar-refractivity contribution in [2.45, 2.75) is 51.1 Å². The van der Waals surface area contributed by atoms with Crippen molar-refractivity contribution < 1.29 is 23.4 Å². The zero-order valence-electron chi connectivity index (χ0n) is 22.8. The molecular formula is C30H31FN6O4. The smallest absolute Gasteiger partial charge is 0.337 e. The number of methoxy groups -OCH3 is 1. The summed E-state index contributed by atoms with van der Waals surface area (Å²) in [5.74, 6) is 0.570. The van der Waals surface area contributed by atoms with Gasteiger partial charge in [-0.15, -0.1) is 5.10 Å². The van der Waals surface area contributed by atoms with Gasteiger partial charge in [-0.05, 0) is 49.6 Å². The molecule has 11 heteroatoms. The fourth-order valence-electron chi connectivity index (χ4n) is 5.40. The zero-order chi connectivity index (χ0) is 28.3. The van der Waals surface area contributed by atoms with Gasteiger partial charge in [-0.1, -0.05) is 6.07 Å². The number of carbonyl (C=O) groups is 1. The van der Waals surface area contributed by atoms with Gasteiger partial charge in [0.25, 0.3) is 0 Å². The average Bonchev–Trinajstić information content (AvgIpc) is 3.58. The second kappa shape index (κ2) is 11.7. The second-order valence-corrected chi connectivity index (χ2v) is 10.5. The maximum Gasteiger partial charge on any atom is 0.337 e. The van der Waals surface area contributed by atoms with Crippen LogP contribution in [0.1, 0.15) is 52.6 Å². The minimum Gasteiger partial charge on any atom is -0.472 e. The highest BCUT2D eigenvalue weighted by atomic mass is 19.1. The standard InChI is InChI=1S/C30H31FN6O4/c1-39-30(38)21-4-5-26-27(15-21)36(17-24-9-13-40-24)28(33-26)18-35-10-6-23(7-11-35)37-12-8-29(34-37)41-19-22-3-2-20(16-32)14-25(22)31/h2-5,8,12,14-15,23-24H,6-7,9-11,13,17-19H2,1H3. The number of nitriles is 1. The van der Waals surface area contributed by atoms with Crippen molar-refractivity contribution in [2.75, 3.05) is 26.8 Å². The average molecular weight is 559 g/mol. The highest BCUT2D eigenvalue weighted by Crippen LogP contribution is 2.27. The molecule has 0 amide bonds. The molecule has 6 rings (SSSR count). The molecular weight excluding hydrogens is 527 g/mol. The quantitative estimate of drug-likeness (QED) is 0.281. The highest BCUT2D eigenvalue weighted by Gasteiger charge is 2.26. The number of carbonyl (C=O) groups excluding carboxylic acids is 1. The normalized spacial score (nSPS) is 17.7. The maximum absolute atomic E-state index is 14.2. The summed E-state index contributed by atoms with van der Waals surface area (Å²) in [7, 11) is 1.39. The zero-order valence-corrected chi connectivity index (χ0v) is 22.8. The van der Waals surface area contributed by atoms with Crippen LogP contribution in [-0.4, -0.2) is 63.1 Å². The van der Waals surface area contributed by atoms with Gasteiger partial charge in [0, 0.05) is 37.5 Å². The van der Waals surface area contributed by atoms with E-state index >= 15 is 0 Å². The number of hydrogen-bond donors (Lipinski definition) is 0. The summed E-state index contributed by atoms with van der Waals surface area (Å²) in [6.45, 7) is 3.99. The first-order valence-corrected chi connectivity index (χ1v) is 13.8. The molecule has 2 saturated heterocycles. The van der Waals surface area contributed by atoms with Gasteiger partial charge < -0.3 is 18.8 Å². The number of piperidine rings is 1. The van der Waals surface area contributed by atoms with Gasteiger partial charge in [-0.3, -0.25) is 9.58 Å². The topological polar surface area (TPSA) is 107 Å². The van der Waals surface area contributed by atoms with Crippen molar-refractivity contribution in [3.8, 4) is 11.9 Å². The Morgan fingerprint density at radius 1 is 1.17 bits per heavy atom. The Kier molecular flexibility index (Phi) is 7.67. The lowest BCUT2D eigenvalue weighted by molar-refractivity contribution is -0.0592. The summed E-state index contributed by atoms with van der Waals surface area (Å²) in [4.78, 5) is 19.5. The first-order chi connectivity index (χ1) is 20.0. The van der Waals surface area contributed by atoms with Gasteiger partial charge >= 0.3 is 5.97 Å². The number of halogens is 1. The number of imidazole rings is 1. The van der Waals surface area contributed by atoms with E-state index in [0.717, 1.165) is 55.8 Å². The minimum absolute atomic E-state index is 0.0427. The van der Waals surface area contributed by atoms with Gasteiger partial charge in [-0.25, -0.2) is 14.2 Å². The van der Waals surface area contributed by atoms with E-state index < -0.39 is 5.82 Å². The molecule has 0 aliphatic carbocycles. The van der Waals surface area contributed by atoms with Crippen molar-refractivity contribution in [3.63, 3.8) is 0 Å². The number of fused-ring (bicyclic) bond motifs is 1. The first kappa shape index (κ1) is 26.9. The number of likely N-dealkylation sites (tertiary alicyclic amines) is 1. The Hall–Kier alpha value is -4.27. The van der Waals surface area contributed by atoms with Crippen molar-refractivity contribution in [1.29, 1.82) is 5.26 Å². The van der Waals surface area contributed by atoms with E-state index in [1.165, 1.54) is 13.2 Å². The van der Waals surface area contributed by atoms with Gasteiger partial charge in [0.15, 0.2) is 0 Å². The summed E-state index contributed by atoms with van der Waals surface area (Å²) >= 11 is 0. The van der Waals surface area contributed by atoms with E-state index in [2.05, 4.69) is 14.6 Å². The number of aromatic nitrogens is 4. The van der Waals surface area contributed by atoms with Crippen LogP contribution in [0.3, 0.4) is 0 Å². The Balaban J connectivity index is 1.09. The molecule has 10 nitrogen and oxygen atoms in total. The summed E-state index contributed by atoms with van der Waals surface area (Å²) in [6, 6.07) is 13.8. The van der Waals surface area contributed by atoms with Crippen LogP contribution in [0, 0.1) is 17.1 Å². The van der Waals surface area contributed by atoms with Crippen molar-refractivity contribution in [2.24, 2.45) is 0 Å².